The lowest BCUT2D eigenvalue weighted by molar-refractivity contribution is -0.385. The number of non-ortho nitro benzene ring substituents is 1. The fourth-order valence-corrected chi connectivity index (χ4v) is 2.13. The van der Waals surface area contributed by atoms with Crippen molar-refractivity contribution in [2.24, 2.45) is 0 Å². The normalized spacial score (nSPS) is 12.3. The number of halogens is 3. The first-order valence-electron chi connectivity index (χ1n) is 7.51. The quantitative estimate of drug-likeness (QED) is 0.440. The summed E-state index contributed by atoms with van der Waals surface area (Å²) in [7, 11) is 0. The minimum atomic E-state index is -4.97. The summed E-state index contributed by atoms with van der Waals surface area (Å²) in [5.41, 5.74) is 2.34. The zero-order valence-corrected chi connectivity index (χ0v) is 14.4. The predicted octanol–water partition coefficient (Wildman–Crippen LogP) is 2.68. The van der Waals surface area contributed by atoms with Gasteiger partial charge in [0.2, 0.25) is 5.88 Å². The Morgan fingerprint density at radius 3 is 2.54 bits per heavy atom. The highest BCUT2D eigenvalue weighted by molar-refractivity contribution is 5.99. The van der Waals surface area contributed by atoms with Crippen LogP contribution in [-0.4, -0.2) is 28.1 Å². The summed E-state index contributed by atoms with van der Waals surface area (Å²) in [4.78, 5) is 33.8. The van der Waals surface area contributed by atoms with Crippen molar-refractivity contribution in [2.75, 3.05) is 11.1 Å². The summed E-state index contributed by atoms with van der Waals surface area (Å²) in [6.07, 6.45) is -6.49. The number of hydrogen-bond acceptors (Lipinski definition) is 8. The van der Waals surface area contributed by atoms with Crippen LogP contribution in [0.2, 0.25) is 0 Å². The monoisotopic (exact) mass is 402 g/mol. The number of nitrogens with one attached hydrogen (secondary N) is 1. The number of aromatic nitrogens is 1. The van der Waals surface area contributed by atoms with Gasteiger partial charge in [0, 0.05) is 12.1 Å². The van der Waals surface area contributed by atoms with Gasteiger partial charge in [0.05, 0.1) is 21.9 Å². The number of nitrogen functional groups attached to an aromatic ring is 1. The summed E-state index contributed by atoms with van der Waals surface area (Å²) >= 11 is 0. The van der Waals surface area contributed by atoms with Crippen molar-refractivity contribution in [3.05, 3.63) is 45.1 Å². The molecule has 0 aliphatic carbocycles. The van der Waals surface area contributed by atoms with E-state index in [9.17, 15) is 32.9 Å². The number of nitrogens with zero attached hydrogens (tertiary/aromatic N) is 2. The number of aryl methyl sites for hydroxylation is 1. The van der Waals surface area contributed by atoms with Crippen LogP contribution in [0.15, 0.2) is 22.7 Å². The van der Waals surface area contributed by atoms with Gasteiger partial charge in [-0.05, 0) is 19.9 Å². The second-order valence-electron chi connectivity index (χ2n) is 5.53. The van der Waals surface area contributed by atoms with Gasteiger partial charge in [-0.2, -0.15) is 13.2 Å². The zero-order valence-electron chi connectivity index (χ0n) is 14.4. The molecular formula is C15H13F3N4O6. The largest absolute Gasteiger partial charge is 0.449 e. The van der Waals surface area contributed by atoms with Crippen LogP contribution in [0, 0.1) is 17.0 Å². The molecule has 1 heterocycles. The van der Waals surface area contributed by atoms with Crippen molar-refractivity contribution in [1.29, 1.82) is 0 Å². The third kappa shape index (κ3) is 4.36. The van der Waals surface area contributed by atoms with Gasteiger partial charge >= 0.3 is 12.1 Å². The molecule has 0 radical (unpaired) electrons. The van der Waals surface area contributed by atoms with Crippen LogP contribution in [0.5, 0.6) is 0 Å². The van der Waals surface area contributed by atoms with E-state index in [-0.39, 0.29) is 23.2 Å². The Balaban J connectivity index is 2.20. The van der Waals surface area contributed by atoms with E-state index >= 15 is 0 Å². The average molecular weight is 402 g/mol. The van der Waals surface area contributed by atoms with Gasteiger partial charge in [0.15, 0.2) is 6.10 Å². The second kappa shape index (κ2) is 7.54. The van der Waals surface area contributed by atoms with Crippen molar-refractivity contribution >= 4 is 29.1 Å². The maximum atomic E-state index is 13.1. The highest BCUT2D eigenvalue weighted by Crippen LogP contribution is 2.37. The minimum absolute atomic E-state index is 0.102. The van der Waals surface area contributed by atoms with E-state index < -0.39 is 46.0 Å². The lowest BCUT2D eigenvalue weighted by atomic mass is 10.1. The Kier molecular flexibility index (Phi) is 5.57. The third-order valence-corrected chi connectivity index (χ3v) is 3.52. The van der Waals surface area contributed by atoms with E-state index in [4.69, 9.17) is 10.5 Å². The van der Waals surface area contributed by atoms with E-state index in [2.05, 4.69) is 9.68 Å². The number of benzene rings is 1. The molecule has 0 fully saturated rings. The molecule has 2 rings (SSSR count). The molecule has 3 N–H and O–H groups in total. The highest BCUT2D eigenvalue weighted by atomic mass is 19.4. The van der Waals surface area contributed by atoms with Crippen molar-refractivity contribution in [3.63, 3.8) is 0 Å². The lowest BCUT2D eigenvalue weighted by Gasteiger charge is -2.16. The number of ether oxygens (including phenoxy) is 1. The zero-order chi connectivity index (χ0) is 21.2. The van der Waals surface area contributed by atoms with E-state index in [1.807, 2.05) is 5.32 Å². The molecule has 28 heavy (non-hydrogen) atoms. The number of carbonyl (C=O) groups is 2. The molecular weight excluding hydrogens is 389 g/mol. The number of alkyl halides is 3. The van der Waals surface area contributed by atoms with Crippen molar-refractivity contribution < 1.29 is 36.9 Å². The summed E-state index contributed by atoms with van der Waals surface area (Å²) in [5.74, 6) is -2.50. The van der Waals surface area contributed by atoms with Gasteiger partial charge in [-0.1, -0.05) is 5.16 Å². The number of anilines is 2. The molecule has 2 aromatic rings. The molecule has 1 aromatic carbocycles. The molecule has 1 unspecified atom stereocenters. The average Bonchev–Trinajstić information content (AvgIpc) is 2.92. The molecule has 0 aliphatic heterocycles. The fraction of sp³-hybridized carbons (Fsp3) is 0.267. The summed E-state index contributed by atoms with van der Waals surface area (Å²) < 4.78 is 48.9. The van der Waals surface area contributed by atoms with Crippen LogP contribution >= 0.6 is 0 Å². The van der Waals surface area contributed by atoms with E-state index in [1.165, 1.54) is 6.92 Å². The number of nitro groups is 1. The number of nitrogens with two attached hydrogens (primary N) is 1. The molecule has 0 spiro atoms. The van der Waals surface area contributed by atoms with E-state index in [1.54, 1.807) is 0 Å². The number of amides is 1. The first-order chi connectivity index (χ1) is 12.9. The molecule has 1 amide bonds. The number of rotatable bonds is 5. The van der Waals surface area contributed by atoms with Crippen LogP contribution in [0.25, 0.3) is 0 Å². The maximum absolute atomic E-state index is 13.1. The Morgan fingerprint density at radius 2 is 2.04 bits per heavy atom. The number of carbonyl (C=O) groups excluding carboxylic acids is 2. The molecule has 1 atom stereocenters. The van der Waals surface area contributed by atoms with Gasteiger partial charge in [0.25, 0.3) is 11.6 Å². The highest BCUT2D eigenvalue weighted by Gasteiger charge is 2.36. The third-order valence-electron chi connectivity index (χ3n) is 3.52. The SMILES string of the molecule is Cc1noc(N)c1C(=O)OC(C)C(=O)Nc1ccc([N+](=O)[O-])cc1C(F)(F)F. The molecule has 1 aromatic heterocycles. The lowest BCUT2D eigenvalue weighted by Crippen LogP contribution is -2.31. The van der Waals surface area contributed by atoms with Crippen molar-refractivity contribution in [3.8, 4) is 0 Å². The van der Waals surface area contributed by atoms with Crippen molar-refractivity contribution in [2.45, 2.75) is 26.1 Å². The molecule has 150 valence electrons. The Bertz CT molecular complexity index is 921. The smallest absolute Gasteiger partial charge is 0.418 e. The molecule has 0 bridgehead atoms. The predicted molar refractivity (Wildman–Crippen MR) is 87.3 cm³/mol. The topological polar surface area (TPSA) is 151 Å². The van der Waals surface area contributed by atoms with E-state index in [0.29, 0.717) is 0 Å². The summed E-state index contributed by atoms with van der Waals surface area (Å²) in [6.45, 7) is 2.51. The van der Waals surface area contributed by atoms with Crippen LogP contribution in [0.3, 0.4) is 0 Å². The Morgan fingerprint density at radius 1 is 1.39 bits per heavy atom. The van der Waals surface area contributed by atoms with Gasteiger partial charge < -0.3 is 20.3 Å². The van der Waals surface area contributed by atoms with E-state index in [0.717, 1.165) is 19.1 Å². The molecule has 0 aliphatic rings. The maximum Gasteiger partial charge on any atom is 0.418 e. The van der Waals surface area contributed by atoms with Crippen LogP contribution in [0.4, 0.5) is 30.4 Å². The van der Waals surface area contributed by atoms with Crippen LogP contribution in [-0.2, 0) is 15.7 Å². The van der Waals surface area contributed by atoms with Crippen molar-refractivity contribution in [1.82, 2.24) is 5.16 Å². The summed E-state index contributed by atoms with van der Waals surface area (Å²) in [5, 5.41) is 16.1. The molecule has 13 heteroatoms. The first-order valence-corrected chi connectivity index (χ1v) is 7.51. The minimum Gasteiger partial charge on any atom is -0.449 e. The molecule has 0 saturated heterocycles. The fourth-order valence-electron chi connectivity index (χ4n) is 2.13. The molecule has 0 saturated carbocycles. The van der Waals surface area contributed by atoms with Crippen LogP contribution in [0.1, 0.15) is 28.5 Å². The van der Waals surface area contributed by atoms with Crippen LogP contribution < -0.4 is 11.1 Å². The number of esters is 1. The Labute approximate surface area is 154 Å². The van der Waals surface area contributed by atoms with Gasteiger partial charge in [-0.25, -0.2) is 4.79 Å². The van der Waals surface area contributed by atoms with Gasteiger partial charge in [0.1, 0.15) is 5.56 Å². The van der Waals surface area contributed by atoms with Gasteiger partial charge in [-0.3, -0.25) is 14.9 Å². The molecule has 10 nitrogen and oxygen atoms in total. The summed E-state index contributed by atoms with van der Waals surface area (Å²) in [6, 6.07) is 1.81. The first kappa shape index (κ1) is 20.7. The van der Waals surface area contributed by atoms with Gasteiger partial charge in [-0.15, -0.1) is 0 Å². The number of hydrogen-bond donors (Lipinski definition) is 2. The standard InChI is InChI=1S/C15H13F3N4O6/c1-6-11(12(19)28-21-6)14(24)27-7(2)13(23)20-10-4-3-8(22(25)26)5-9(10)15(16,17)18/h3-5,7H,19H2,1-2H3,(H,20,23). The Hall–Kier alpha value is -3.64. The second-order valence-corrected chi connectivity index (χ2v) is 5.53. The number of nitro benzene ring substituents is 1.